The van der Waals surface area contributed by atoms with Gasteiger partial charge in [-0.05, 0) is 67.2 Å². The van der Waals surface area contributed by atoms with Gasteiger partial charge in [-0.15, -0.1) is 0 Å². The normalized spacial score (nSPS) is 24.5. The topological polar surface area (TPSA) is 32.7 Å². The molecule has 2 bridgehead atoms. The van der Waals surface area contributed by atoms with E-state index in [1.807, 2.05) is 30.3 Å². The molecule has 0 radical (unpaired) electrons. The lowest BCUT2D eigenvalue weighted by Gasteiger charge is -2.32. The van der Waals surface area contributed by atoms with E-state index in [2.05, 4.69) is 29.2 Å². The molecule has 150 valence electrons. The highest BCUT2D eigenvalue weighted by Crippen LogP contribution is 2.36. The van der Waals surface area contributed by atoms with Gasteiger partial charge >= 0.3 is 0 Å². The third-order valence-corrected chi connectivity index (χ3v) is 6.81. The predicted octanol–water partition coefficient (Wildman–Crippen LogP) is 4.64. The summed E-state index contributed by atoms with van der Waals surface area (Å²) in [5.74, 6) is 2.55. The molecule has 1 N–H and O–H groups in total. The summed E-state index contributed by atoms with van der Waals surface area (Å²) in [6.07, 6.45) is 6.98. The van der Waals surface area contributed by atoms with Crippen molar-refractivity contribution < 1.29 is 9.84 Å². The molecule has 3 aliphatic rings. The molecule has 1 atom stereocenters. The number of methoxy groups -OCH3 is 1. The first kappa shape index (κ1) is 19.5. The van der Waals surface area contributed by atoms with Crippen LogP contribution in [0.5, 0.6) is 5.75 Å². The van der Waals surface area contributed by atoms with Crippen molar-refractivity contribution in [3.63, 3.8) is 0 Å². The number of rotatable bonds is 7. The second kappa shape index (κ2) is 8.67. The minimum absolute atomic E-state index is 0.640. The fourth-order valence-electron chi connectivity index (χ4n) is 5.10. The van der Waals surface area contributed by atoms with Gasteiger partial charge in [0.1, 0.15) is 5.75 Å². The van der Waals surface area contributed by atoms with E-state index in [-0.39, 0.29) is 0 Å². The summed E-state index contributed by atoms with van der Waals surface area (Å²) in [5, 5.41) is 11.8. The number of nitrogens with zero attached hydrogens (tertiary/aromatic N) is 1. The van der Waals surface area contributed by atoms with Crippen LogP contribution in [-0.2, 0) is 12.0 Å². The zero-order chi connectivity index (χ0) is 19.4. The van der Waals surface area contributed by atoms with Gasteiger partial charge in [0.15, 0.2) is 0 Å². The third kappa shape index (κ3) is 4.59. The Morgan fingerprint density at radius 1 is 0.929 bits per heavy atom. The molecule has 3 heteroatoms. The first-order chi connectivity index (χ1) is 13.6. The Morgan fingerprint density at radius 2 is 1.54 bits per heavy atom. The smallest absolute Gasteiger partial charge is 0.118 e. The van der Waals surface area contributed by atoms with Crippen LogP contribution in [0, 0.1) is 11.8 Å². The van der Waals surface area contributed by atoms with Crippen molar-refractivity contribution >= 4 is 0 Å². The summed E-state index contributed by atoms with van der Waals surface area (Å²) in [4.78, 5) is 2.62. The van der Waals surface area contributed by atoms with Gasteiger partial charge in [-0.3, -0.25) is 0 Å². The Balaban J connectivity index is 1.51. The van der Waals surface area contributed by atoms with Gasteiger partial charge in [0.05, 0.1) is 12.7 Å². The molecular weight excluding hydrogens is 346 g/mol. The molecule has 2 saturated heterocycles. The molecule has 1 saturated carbocycles. The molecule has 3 nitrogen and oxygen atoms in total. The Hall–Kier alpha value is -1.84. The monoisotopic (exact) mass is 379 g/mol. The van der Waals surface area contributed by atoms with Crippen molar-refractivity contribution in [3.8, 4) is 5.75 Å². The maximum absolute atomic E-state index is 11.8. The molecule has 2 aromatic carbocycles. The fraction of sp³-hybridized carbons (Fsp3) is 0.520. The molecule has 2 heterocycles. The number of hydrogen-bond donors (Lipinski definition) is 1. The van der Waals surface area contributed by atoms with E-state index in [0.29, 0.717) is 6.42 Å². The Morgan fingerprint density at radius 3 is 2.11 bits per heavy atom. The SMILES string of the molecule is COc1ccc(C(O)(CCN2CC3CCC(CC3)C2)Cc2ccccc2)cc1. The van der Waals surface area contributed by atoms with Crippen LogP contribution in [0.4, 0.5) is 0 Å². The van der Waals surface area contributed by atoms with Crippen molar-refractivity contribution in [2.24, 2.45) is 11.8 Å². The molecule has 1 aliphatic carbocycles. The van der Waals surface area contributed by atoms with Gasteiger partial charge in [-0.2, -0.15) is 0 Å². The van der Waals surface area contributed by atoms with Crippen molar-refractivity contribution in [1.29, 1.82) is 0 Å². The van der Waals surface area contributed by atoms with E-state index in [1.165, 1.54) is 44.3 Å². The number of benzene rings is 2. The van der Waals surface area contributed by atoms with Crippen molar-refractivity contribution in [1.82, 2.24) is 4.90 Å². The second-order valence-electron chi connectivity index (χ2n) is 8.82. The van der Waals surface area contributed by atoms with E-state index >= 15 is 0 Å². The van der Waals surface area contributed by atoms with Crippen LogP contribution in [0.3, 0.4) is 0 Å². The minimum Gasteiger partial charge on any atom is -0.497 e. The quantitative estimate of drug-likeness (QED) is 0.761. The van der Waals surface area contributed by atoms with E-state index in [0.717, 1.165) is 36.1 Å². The summed E-state index contributed by atoms with van der Waals surface area (Å²) in [5.41, 5.74) is 1.30. The zero-order valence-corrected chi connectivity index (χ0v) is 17.0. The Bertz CT molecular complexity index is 723. The van der Waals surface area contributed by atoms with Gasteiger partial charge in [0.2, 0.25) is 0 Å². The van der Waals surface area contributed by atoms with E-state index in [9.17, 15) is 5.11 Å². The van der Waals surface area contributed by atoms with Crippen LogP contribution in [0.25, 0.3) is 0 Å². The van der Waals surface area contributed by atoms with Crippen LogP contribution < -0.4 is 4.74 Å². The zero-order valence-electron chi connectivity index (χ0n) is 17.0. The third-order valence-electron chi connectivity index (χ3n) is 6.81. The lowest BCUT2D eigenvalue weighted by atomic mass is 9.84. The van der Waals surface area contributed by atoms with E-state index in [4.69, 9.17) is 4.74 Å². The highest BCUT2D eigenvalue weighted by molar-refractivity contribution is 5.32. The van der Waals surface area contributed by atoms with Crippen molar-refractivity contribution in [2.75, 3.05) is 26.7 Å². The summed E-state index contributed by atoms with van der Waals surface area (Å²) in [7, 11) is 1.68. The summed E-state index contributed by atoms with van der Waals surface area (Å²) in [6.45, 7) is 3.38. The predicted molar refractivity (Wildman–Crippen MR) is 114 cm³/mol. The van der Waals surface area contributed by atoms with Crippen LogP contribution in [0.15, 0.2) is 54.6 Å². The van der Waals surface area contributed by atoms with Gasteiger partial charge in [0, 0.05) is 26.1 Å². The summed E-state index contributed by atoms with van der Waals surface area (Å²) in [6, 6.07) is 18.3. The molecule has 2 aromatic rings. The van der Waals surface area contributed by atoms with Gasteiger partial charge in [-0.25, -0.2) is 0 Å². The Labute approximate surface area is 169 Å². The van der Waals surface area contributed by atoms with E-state index in [1.54, 1.807) is 7.11 Å². The van der Waals surface area contributed by atoms with Crippen molar-refractivity contribution in [2.45, 2.75) is 44.1 Å². The summed E-state index contributed by atoms with van der Waals surface area (Å²) >= 11 is 0. The van der Waals surface area contributed by atoms with Gasteiger partial charge < -0.3 is 14.7 Å². The molecular formula is C25H33NO2. The lowest BCUT2D eigenvalue weighted by molar-refractivity contribution is 0.0162. The van der Waals surface area contributed by atoms with Crippen molar-refractivity contribution in [3.05, 3.63) is 65.7 Å². The number of aliphatic hydroxyl groups is 1. The standard InChI is InChI=1S/C25H33NO2/c1-28-24-13-11-23(12-14-24)25(27,17-20-5-3-2-4-6-20)15-16-26-18-21-7-8-22(19-26)10-9-21/h2-6,11-14,21-22,27H,7-10,15-19H2,1H3. The maximum Gasteiger partial charge on any atom is 0.118 e. The molecule has 2 aliphatic heterocycles. The first-order valence-corrected chi connectivity index (χ1v) is 10.8. The van der Waals surface area contributed by atoms with Crippen LogP contribution in [0.1, 0.15) is 43.2 Å². The average Bonchev–Trinajstić information content (AvgIpc) is 3.06. The number of fused-ring (bicyclic) bond motifs is 4. The van der Waals surface area contributed by atoms with Crippen LogP contribution >= 0.6 is 0 Å². The number of ether oxygens (including phenoxy) is 1. The van der Waals surface area contributed by atoms with Gasteiger partial charge in [0.25, 0.3) is 0 Å². The number of hydrogen-bond acceptors (Lipinski definition) is 3. The molecule has 3 fully saturated rings. The fourth-order valence-corrected chi connectivity index (χ4v) is 5.10. The highest BCUT2D eigenvalue weighted by atomic mass is 16.5. The summed E-state index contributed by atoms with van der Waals surface area (Å²) < 4.78 is 5.31. The molecule has 0 spiro atoms. The van der Waals surface area contributed by atoms with Gasteiger partial charge in [-0.1, -0.05) is 42.5 Å². The first-order valence-electron chi connectivity index (χ1n) is 10.8. The molecule has 0 amide bonds. The largest absolute Gasteiger partial charge is 0.497 e. The molecule has 0 aromatic heterocycles. The molecule has 1 unspecified atom stereocenters. The Kier molecular flexibility index (Phi) is 6.03. The molecule has 28 heavy (non-hydrogen) atoms. The highest BCUT2D eigenvalue weighted by Gasteiger charge is 2.33. The van der Waals surface area contributed by atoms with Crippen LogP contribution in [0.2, 0.25) is 0 Å². The average molecular weight is 380 g/mol. The second-order valence-corrected chi connectivity index (χ2v) is 8.82. The van der Waals surface area contributed by atoms with E-state index < -0.39 is 5.60 Å². The van der Waals surface area contributed by atoms with Crippen LogP contribution in [-0.4, -0.2) is 36.8 Å². The maximum atomic E-state index is 11.8. The lowest BCUT2D eigenvalue weighted by Crippen LogP contribution is -2.37. The minimum atomic E-state index is -0.862. The molecule has 5 rings (SSSR count).